The summed E-state index contributed by atoms with van der Waals surface area (Å²) in [6, 6.07) is 7.79. The van der Waals surface area contributed by atoms with E-state index in [1.54, 1.807) is 0 Å². The van der Waals surface area contributed by atoms with Crippen molar-refractivity contribution in [3.8, 4) is 0 Å². The number of carboxylic acid groups (broad SMARTS) is 1. The Morgan fingerprint density at radius 3 is 2.41 bits per heavy atom. The van der Waals surface area contributed by atoms with Crippen LogP contribution in [0.4, 0.5) is 4.79 Å². The van der Waals surface area contributed by atoms with Crippen LogP contribution >= 0.6 is 23.4 Å². The SMILES string of the molecule is O=C(O)N1CCC(Sc2ccc(Cl)cc2)CC1. The molecule has 1 aromatic rings. The molecule has 0 radical (unpaired) electrons. The van der Waals surface area contributed by atoms with Crippen molar-refractivity contribution in [2.75, 3.05) is 13.1 Å². The number of hydrogen-bond donors (Lipinski definition) is 1. The lowest BCUT2D eigenvalue weighted by molar-refractivity contribution is 0.136. The lowest BCUT2D eigenvalue weighted by Gasteiger charge is -2.29. The van der Waals surface area contributed by atoms with Gasteiger partial charge in [-0.2, -0.15) is 0 Å². The number of benzene rings is 1. The van der Waals surface area contributed by atoms with Crippen LogP contribution < -0.4 is 0 Å². The van der Waals surface area contributed by atoms with Gasteiger partial charge in [-0.15, -0.1) is 11.8 Å². The van der Waals surface area contributed by atoms with Crippen molar-refractivity contribution in [3.05, 3.63) is 29.3 Å². The van der Waals surface area contributed by atoms with Crippen molar-refractivity contribution < 1.29 is 9.90 Å². The topological polar surface area (TPSA) is 40.5 Å². The first-order valence-corrected chi connectivity index (χ1v) is 6.81. The third-order valence-electron chi connectivity index (χ3n) is 2.83. The molecule has 0 spiro atoms. The maximum absolute atomic E-state index is 10.8. The van der Waals surface area contributed by atoms with E-state index in [2.05, 4.69) is 0 Å². The number of piperidine rings is 1. The minimum absolute atomic E-state index is 0.506. The molecule has 1 amide bonds. The van der Waals surface area contributed by atoms with Crippen molar-refractivity contribution in [3.63, 3.8) is 0 Å². The van der Waals surface area contributed by atoms with Crippen LogP contribution in [0.3, 0.4) is 0 Å². The van der Waals surface area contributed by atoms with Crippen LogP contribution in [-0.4, -0.2) is 34.4 Å². The first-order chi connectivity index (χ1) is 8.15. The van der Waals surface area contributed by atoms with Gasteiger partial charge in [-0.1, -0.05) is 11.6 Å². The molecule has 3 nitrogen and oxygen atoms in total. The molecule has 2 rings (SSSR count). The molecule has 0 aliphatic carbocycles. The number of hydrogen-bond acceptors (Lipinski definition) is 2. The lowest BCUT2D eigenvalue weighted by atomic mass is 10.1. The summed E-state index contributed by atoms with van der Waals surface area (Å²) in [5.74, 6) is 0. The predicted octanol–water partition coefficient (Wildman–Crippen LogP) is 3.57. The van der Waals surface area contributed by atoms with Crippen molar-refractivity contribution in [2.24, 2.45) is 0 Å². The normalized spacial score (nSPS) is 17.1. The first kappa shape index (κ1) is 12.6. The number of nitrogens with zero attached hydrogens (tertiary/aromatic N) is 1. The number of carbonyl (C=O) groups is 1. The van der Waals surface area contributed by atoms with E-state index >= 15 is 0 Å². The number of halogens is 1. The van der Waals surface area contributed by atoms with E-state index in [9.17, 15) is 4.79 Å². The van der Waals surface area contributed by atoms with Gasteiger partial charge in [0.05, 0.1) is 0 Å². The van der Waals surface area contributed by atoms with Gasteiger partial charge in [-0.3, -0.25) is 0 Å². The summed E-state index contributed by atoms with van der Waals surface area (Å²) < 4.78 is 0. The predicted molar refractivity (Wildman–Crippen MR) is 69.9 cm³/mol. The Bertz CT molecular complexity index is 388. The van der Waals surface area contributed by atoms with Crippen LogP contribution in [0.25, 0.3) is 0 Å². The zero-order valence-corrected chi connectivity index (χ0v) is 10.9. The van der Waals surface area contributed by atoms with E-state index in [0.717, 1.165) is 17.9 Å². The van der Waals surface area contributed by atoms with E-state index in [1.807, 2.05) is 36.0 Å². The maximum Gasteiger partial charge on any atom is 0.407 e. The molecule has 1 fully saturated rings. The Morgan fingerprint density at radius 1 is 1.29 bits per heavy atom. The summed E-state index contributed by atoms with van der Waals surface area (Å²) in [5.41, 5.74) is 0. The molecule has 1 aliphatic heterocycles. The standard InChI is InChI=1S/C12H14ClNO2S/c13-9-1-3-10(4-2-9)17-11-5-7-14(8-6-11)12(15)16/h1-4,11H,5-8H2,(H,15,16). The summed E-state index contributed by atoms with van der Waals surface area (Å²) in [4.78, 5) is 13.4. The highest BCUT2D eigenvalue weighted by Crippen LogP contribution is 2.30. The van der Waals surface area contributed by atoms with E-state index in [0.29, 0.717) is 18.3 Å². The molecule has 17 heavy (non-hydrogen) atoms. The van der Waals surface area contributed by atoms with Gasteiger partial charge < -0.3 is 10.0 Å². The molecule has 92 valence electrons. The van der Waals surface area contributed by atoms with Crippen molar-refractivity contribution in [1.29, 1.82) is 0 Å². The molecular weight excluding hydrogens is 258 g/mol. The fourth-order valence-electron chi connectivity index (χ4n) is 1.87. The Labute approximate surface area is 110 Å². The Hall–Kier alpha value is -0.870. The summed E-state index contributed by atoms with van der Waals surface area (Å²) in [6.07, 6.45) is 1.03. The van der Waals surface area contributed by atoms with Gasteiger partial charge in [0, 0.05) is 28.3 Å². The zero-order chi connectivity index (χ0) is 12.3. The molecule has 5 heteroatoms. The number of likely N-dealkylation sites (tertiary alicyclic amines) is 1. The average Bonchev–Trinajstić information content (AvgIpc) is 2.33. The molecule has 1 heterocycles. The van der Waals surface area contributed by atoms with E-state index < -0.39 is 6.09 Å². The highest BCUT2D eigenvalue weighted by atomic mass is 35.5. The van der Waals surface area contributed by atoms with Gasteiger partial charge in [0.2, 0.25) is 0 Å². The van der Waals surface area contributed by atoms with Crippen molar-refractivity contribution in [1.82, 2.24) is 4.90 Å². The van der Waals surface area contributed by atoms with Crippen LogP contribution in [0.2, 0.25) is 5.02 Å². The van der Waals surface area contributed by atoms with Gasteiger partial charge in [-0.25, -0.2) is 4.79 Å². The fourth-order valence-corrected chi connectivity index (χ4v) is 3.12. The Kier molecular flexibility index (Phi) is 4.18. The fraction of sp³-hybridized carbons (Fsp3) is 0.417. The van der Waals surface area contributed by atoms with Gasteiger partial charge in [0.15, 0.2) is 0 Å². The van der Waals surface area contributed by atoms with E-state index in [4.69, 9.17) is 16.7 Å². The first-order valence-electron chi connectivity index (χ1n) is 5.55. The Balaban J connectivity index is 1.85. The van der Waals surface area contributed by atoms with Crippen molar-refractivity contribution >= 4 is 29.5 Å². The van der Waals surface area contributed by atoms with Crippen LogP contribution in [0, 0.1) is 0 Å². The summed E-state index contributed by atoms with van der Waals surface area (Å²) in [7, 11) is 0. The number of amides is 1. The van der Waals surface area contributed by atoms with Crippen LogP contribution in [-0.2, 0) is 0 Å². The average molecular weight is 272 g/mol. The lowest BCUT2D eigenvalue weighted by Crippen LogP contribution is -2.38. The summed E-state index contributed by atoms with van der Waals surface area (Å²) in [6.45, 7) is 1.28. The highest BCUT2D eigenvalue weighted by Gasteiger charge is 2.22. The smallest absolute Gasteiger partial charge is 0.407 e. The molecule has 1 saturated heterocycles. The molecule has 0 unspecified atom stereocenters. The second kappa shape index (κ2) is 5.65. The third kappa shape index (κ3) is 3.54. The van der Waals surface area contributed by atoms with Crippen LogP contribution in [0.15, 0.2) is 29.2 Å². The highest BCUT2D eigenvalue weighted by molar-refractivity contribution is 8.00. The van der Waals surface area contributed by atoms with Crippen LogP contribution in [0.1, 0.15) is 12.8 Å². The largest absolute Gasteiger partial charge is 0.465 e. The third-order valence-corrected chi connectivity index (χ3v) is 4.43. The minimum atomic E-state index is -0.806. The second-order valence-corrected chi connectivity index (χ2v) is 5.85. The van der Waals surface area contributed by atoms with Gasteiger partial charge in [0.25, 0.3) is 0 Å². The van der Waals surface area contributed by atoms with E-state index in [1.165, 1.54) is 9.80 Å². The van der Waals surface area contributed by atoms with Crippen LogP contribution in [0.5, 0.6) is 0 Å². The Morgan fingerprint density at radius 2 is 1.88 bits per heavy atom. The summed E-state index contributed by atoms with van der Waals surface area (Å²) in [5, 5.41) is 10.1. The molecule has 0 aromatic heterocycles. The maximum atomic E-state index is 10.8. The number of thioether (sulfide) groups is 1. The zero-order valence-electron chi connectivity index (χ0n) is 9.30. The van der Waals surface area contributed by atoms with Gasteiger partial charge >= 0.3 is 6.09 Å². The molecule has 0 bridgehead atoms. The van der Waals surface area contributed by atoms with E-state index in [-0.39, 0.29) is 0 Å². The second-order valence-electron chi connectivity index (χ2n) is 4.04. The van der Waals surface area contributed by atoms with Crippen molar-refractivity contribution in [2.45, 2.75) is 23.0 Å². The molecule has 0 atom stereocenters. The summed E-state index contributed by atoms with van der Waals surface area (Å²) >= 11 is 7.64. The molecular formula is C12H14ClNO2S. The monoisotopic (exact) mass is 271 g/mol. The van der Waals surface area contributed by atoms with Gasteiger partial charge in [0.1, 0.15) is 0 Å². The molecule has 1 aliphatic rings. The number of rotatable bonds is 2. The quantitative estimate of drug-likeness (QED) is 0.894. The minimum Gasteiger partial charge on any atom is -0.465 e. The van der Waals surface area contributed by atoms with Gasteiger partial charge in [-0.05, 0) is 37.1 Å². The molecule has 1 N–H and O–H groups in total. The molecule has 1 aromatic carbocycles. The molecule has 0 saturated carbocycles.